The van der Waals surface area contributed by atoms with Gasteiger partial charge in [0.05, 0.1) is 6.26 Å². The summed E-state index contributed by atoms with van der Waals surface area (Å²) in [5.74, 6) is -0.870. The summed E-state index contributed by atoms with van der Waals surface area (Å²) in [6, 6.07) is 10.8. The van der Waals surface area contributed by atoms with Gasteiger partial charge in [0.2, 0.25) is 5.91 Å². The van der Waals surface area contributed by atoms with Gasteiger partial charge in [-0.3, -0.25) is 9.59 Å². The zero-order valence-corrected chi connectivity index (χ0v) is 11.4. The summed E-state index contributed by atoms with van der Waals surface area (Å²) in [6.07, 6.45) is 2.39. The van der Waals surface area contributed by atoms with Crippen LogP contribution in [0.15, 0.2) is 47.1 Å². The molecule has 1 aromatic carbocycles. The van der Waals surface area contributed by atoms with Crippen LogP contribution < -0.4 is 4.90 Å². The lowest BCUT2D eigenvalue weighted by atomic mass is 10.0. The molecule has 1 N–H and O–H groups in total. The molecule has 0 saturated carbocycles. The van der Waals surface area contributed by atoms with E-state index in [4.69, 9.17) is 4.42 Å². The third-order valence-corrected chi connectivity index (χ3v) is 3.73. The molecule has 2 heterocycles. The molecule has 3 rings (SSSR count). The largest absolute Gasteiger partial charge is 0.481 e. The number of anilines is 1. The number of aliphatic carboxylic acids is 1. The van der Waals surface area contributed by atoms with E-state index in [-0.39, 0.29) is 12.5 Å². The van der Waals surface area contributed by atoms with Crippen LogP contribution in [0.1, 0.15) is 23.7 Å². The van der Waals surface area contributed by atoms with Crippen molar-refractivity contribution in [3.05, 3.63) is 54.0 Å². The molecule has 0 aliphatic carbocycles. The van der Waals surface area contributed by atoms with Crippen molar-refractivity contribution in [2.24, 2.45) is 0 Å². The minimum Gasteiger partial charge on any atom is -0.481 e. The fourth-order valence-electron chi connectivity index (χ4n) is 2.67. The third-order valence-electron chi connectivity index (χ3n) is 3.73. The first-order chi connectivity index (χ1) is 10.2. The summed E-state index contributed by atoms with van der Waals surface area (Å²) in [5.41, 5.74) is 1.41. The third kappa shape index (κ3) is 2.54. The predicted octanol–water partition coefficient (Wildman–Crippen LogP) is 2.43. The number of para-hydroxylation sites is 1. The molecule has 1 amide bonds. The van der Waals surface area contributed by atoms with Crippen molar-refractivity contribution in [1.82, 2.24) is 0 Å². The molecular weight excluding hydrogens is 270 g/mol. The molecular formula is C16H15NO4. The molecule has 1 aromatic heterocycles. The number of rotatable bonds is 4. The van der Waals surface area contributed by atoms with Gasteiger partial charge in [0.25, 0.3) is 0 Å². The fourth-order valence-corrected chi connectivity index (χ4v) is 2.67. The number of carbonyl (C=O) groups is 2. The lowest BCUT2D eigenvalue weighted by Gasteiger charge is -2.17. The highest BCUT2D eigenvalue weighted by molar-refractivity contribution is 5.99. The van der Waals surface area contributed by atoms with Crippen molar-refractivity contribution in [3.63, 3.8) is 0 Å². The first-order valence-electron chi connectivity index (χ1n) is 6.81. The van der Waals surface area contributed by atoms with Crippen LogP contribution in [-0.2, 0) is 16.0 Å². The average Bonchev–Trinajstić information content (AvgIpc) is 3.12. The number of carbonyl (C=O) groups excluding carboxylic acids is 1. The summed E-state index contributed by atoms with van der Waals surface area (Å²) in [5, 5.41) is 9.29. The lowest BCUT2D eigenvalue weighted by Crippen LogP contribution is -2.31. The maximum atomic E-state index is 12.4. The fraction of sp³-hybridized carbons (Fsp3) is 0.250. The van der Waals surface area contributed by atoms with Crippen LogP contribution in [0.3, 0.4) is 0 Å². The van der Waals surface area contributed by atoms with Gasteiger partial charge in [0, 0.05) is 25.1 Å². The maximum absolute atomic E-state index is 12.4. The Morgan fingerprint density at radius 3 is 2.76 bits per heavy atom. The van der Waals surface area contributed by atoms with Crippen LogP contribution in [0.4, 0.5) is 5.69 Å². The predicted molar refractivity (Wildman–Crippen MR) is 76.2 cm³/mol. The van der Waals surface area contributed by atoms with Gasteiger partial charge in [-0.05, 0) is 23.8 Å². The van der Waals surface area contributed by atoms with E-state index in [0.29, 0.717) is 24.1 Å². The van der Waals surface area contributed by atoms with Crippen molar-refractivity contribution in [3.8, 4) is 0 Å². The lowest BCUT2D eigenvalue weighted by molar-refractivity contribution is -0.138. The van der Waals surface area contributed by atoms with Gasteiger partial charge in [-0.2, -0.15) is 0 Å². The summed E-state index contributed by atoms with van der Waals surface area (Å²) in [6.45, 7) is 0.200. The number of hydrogen-bond acceptors (Lipinski definition) is 3. The van der Waals surface area contributed by atoms with Crippen molar-refractivity contribution >= 4 is 17.6 Å². The Hall–Kier alpha value is -2.56. The molecule has 1 atom stereocenters. The Morgan fingerprint density at radius 1 is 1.24 bits per heavy atom. The topological polar surface area (TPSA) is 70.8 Å². The minimum absolute atomic E-state index is 0.0809. The molecule has 21 heavy (non-hydrogen) atoms. The molecule has 0 saturated heterocycles. The van der Waals surface area contributed by atoms with Gasteiger partial charge < -0.3 is 14.4 Å². The number of aryl methyl sites for hydroxylation is 1. The molecule has 1 aliphatic rings. The highest BCUT2D eigenvalue weighted by atomic mass is 16.4. The Balaban J connectivity index is 1.76. The smallest absolute Gasteiger partial charge is 0.312 e. The molecule has 0 radical (unpaired) electrons. The van der Waals surface area contributed by atoms with E-state index in [2.05, 4.69) is 0 Å². The summed E-state index contributed by atoms with van der Waals surface area (Å²) in [7, 11) is 0. The van der Waals surface area contributed by atoms with Crippen molar-refractivity contribution < 1.29 is 19.1 Å². The van der Waals surface area contributed by atoms with E-state index in [1.807, 2.05) is 12.1 Å². The van der Waals surface area contributed by atoms with Crippen molar-refractivity contribution in [2.45, 2.75) is 18.8 Å². The van der Waals surface area contributed by atoms with Crippen molar-refractivity contribution in [2.75, 3.05) is 11.4 Å². The van der Waals surface area contributed by atoms with Gasteiger partial charge in [0.1, 0.15) is 11.7 Å². The van der Waals surface area contributed by atoms with Gasteiger partial charge in [-0.1, -0.05) is 18.2 Å². The number of nitrogens with zero attached hydrogens (tertiary/aromatic N) is 1. The average molecular weight is 285 g/mol. The maximum Gasteiger partial charge on any atom is 0.312 e. The summed E-state index contributed by atoms with van der Waals surface area (Å²) < 4.78 is 5.21. The van der Waals surface area contributed by atoms with E-state index in [9.17, 15) is 14.7 Å². The van der Waals surface area contributed by atoms with E-state index in [0.717, 1.165) is 5.76 Å². The zero-order valence-electron chi connectivity index (χ0n) is 11.4. The highest BCUT2D eigenvalue weighted by Gasteiger charge is 2.35. The van der Waals surface area contributed by atoms with Crippen LogP contribution >= 0.6 is 0 Å². The minimum atomic E-state index is -0.899. The molecule has 1 unspecified atom stereocenters. The van der Waals surface area contributed by atoms with Gasteiger partial charge in [0.15, 0.2) is 0 Å². The number of amides is 1. The zero-order chi connectivity index (χ0) is 14.8. The molecule has 1 aliphatic heterocycles. The molecule has 2 aromatic rings. The second-order valence-electron chi connectivity index (χ2n) is 5.03. The Kier molecular flexibility index (Phi) is 3.48. The number of furan rings is 1. The van der Waals surface area contributed by atoms with Crippen LogP contribution in [0.2, 0.25) is 0 Å². The normalized spacial score (nSPS) is 16.8. The number of fused-ring (bicyclic) bond motifs is 1. The molecule has 0 bridgehead atoms. The van der Waals surface area contributed by atoms with Gasteiger partial charge in [-0.25, -0.2) is 0 Å². The van der Waals surface area contributed by atoms with E-state index >= 15 is 0 Å². The van der Waals surface area contributed by atoms with Crippen LogP contribution in [0.5, 0.6) is 0 Å². The standard InChI is InChI=1S/C16H15NO4/c18-15(8-7-11-4-3-9-21-11)17-10-13(16(19)20)12-5-1-2-6-14(12)17/h1-6,9,13H,7-8,10H2,(H,19,20). The Morgan fingerprint density at radius 2 is 2.05 bits per heavy atom. The number of carboxylic acids is 1. The number of benzene rings is 1. The SMILES string of the molecule is O=C(O)C1CN(C(=O)CCc2ccco2)c2ccccc21. The van der Waals surface area contributed by atoms with E-state index < -0.39 is 11.9 Å². The van der Waals surface area contributed by atoms with E-state index in [1.165, 1.54) is 0 Å². The Bertz CT molecular complexity index is 663. The monoisotopic (exact) mass is 285 g/mol. The summed E-state index contributed by atoms with van der Waals surface area (Å²) >= 11 is 0. The van der Waals surface area contributed by atoms with E-state index in [1.54, 1.807) is 35.4 Å². The number of hydrogen-bond donors (Lipinski definition) is 1. The first kappa shape index (κ1) is 13.4. The van der Waals surface area contributed by atoms with Crippen LogP contribution in [0.25, 0.3) is 0 Å². The highest BCUT2D eigenvalue weighted by Crippen LogP contribution is 2.36. The first-order valence-corrected chi connectivity index (χ1v) is 6.81. The number of carboxylic acid groups (broad SMARTS) is 1. The molecule has 108 valence electrons. The van der Waals surface area contributed by atoms with Crippen LogP contribution in [-0.4, -0.2) is 23.5 Å². The molecule has 5 nitrogen and oxygen atoms in total. The van der Waals surface area contributed by atoms with Gasteiger partial charge in [-0.15, -0.1) is 0 Å². The summed E-state index contributed by atoms with van der Waals surface area (Å²) in [4.78, 5) is 25.3. The quantitative estimate of drug-likeness (QED) is 0.936. The second-order valence-corrected chi connectivity index (χ2v) is 5.03. The van der Waals surface area contributed by atoms with Gasteiger partial charge >= 0.3 is 5.97 Å². The van der Waals surface area contributed by atoms with Crippen molar-refractivity contribution in [1.29, 1.82) is 0 Å². The van der Waals surface area contributed by atoms with Crippen LogP contribution in [0, 0.1) is 0 Å². The molecule has 0 fully saturated rings. The molecule has 5 heteroatoms. The Labute approximate surface area is 121 Å². The second kappa shape index (κ2) is 5.44. The molecule has 0 spiro atoms.